The fraction of sp³-hybridized carbons (Fsp3) is 0.526. The summed E-state index contributed by atoms with van der Waals surface area (Å²) in [6.45, 7) is 0. The molecular formula is C19H15Cl4NO4. The summed E-state index contributed by atoms with van der Waals surface area (Å²) in [5.74, 6) is -0.640. The summed E-state index contributed by atoms with van der Waals surface area (Å²) < 4.78 is 0. The second kappa shape index (κ2) is 6.49. The Balaban J connectivity index is 1.43. The molecule has 0 spiro atoms. The van der Waals surface area contributed by atoms with Gasteiger partial charge < -0.3 is 4.84 Å². The minimum Gasteiger partial charge on any atom is -0.329 e. The van der Waals surface area contributed by atoms with Crippen LogP contribution in [0.5, 0.6) is 0 Å². The zero-order valence-electron chi connectivity index (χ0n) is 14.5. The molecule has 28 heavy (non-hydrogen) atoms. The second-order valence-corrected chi connectivity index (χ2v) is 9.79. The van der Waals surface area contributed by atoms with Crippen LogP contribution in [-0.4, -0.2) is 22.8 Å². The Kier molecular flexibility index (Phi) is 4.40. The van der Waals surface area contributed by atoms with E-state index >= 15 is 0 Å². The lowest BCUT2D eigenvalue weighted by Gasteiger charge is -2.53. The maximum absolute atomic E-state index is 12.9. The molecule has 4 aliphatic carbocycles. The molecule has 0 unspecified atom stereocenters. The number of nitrogens with zero attached hydrogens (tertiary/aromatic N) is 1. The summed E-state index contributed by atoms with van der Waals surface area (Å²) in [6.07, 6.45) is 5.30. The van der Waals surface area contributed by atoms with Crippen molar-refractivity contribution >= 4 is 64.2 Å². The lowest BCUT2D eigenvalue weighted by Crippen LogP contribution is -2.49. The third kappa shape index (κ3) is 2.56. The number of carbonyl (C=O) groups is 3. The van der Waals surface area contributed by atoms with E-state index in [1.54, 1.807) is 0 Å². The fourth-order valence-electron chi connectivity index (χ4n) is 5.87. The highest BCUT2D eigenvalue weighted by atomic mass is 35.5. The average molecular weight is 463 g/mol. The first-order valence-corrected chi connectivity index (χ1v) is 10.8. The van der Waals surface area contributed by atoms with Gasteiger partial charge in [-0.1, -0.05) is 51.5 Å². The highest BCUT2D eigenvalue weighted by Gasteiger charge is 2.53. The number of amides is 2. The third-order valence-electron chi connectivity index (χ3n) is 6.74. The quantitative estimate of drug-likeness (QED) is 0.334. The van der Waals surface area contributed by atoms with Gasteiger partial charge in [0.1, 0.15) is 0 Å². The van der Waals surface area contributed by atoms with Crippen molar-refractivity contribution in [3.8, 4) is 0 Å². The minimum absolute atomic E-state index is 0.123. The third-order valence-corrected chi connectivity index (χ3v) is 8.55. The molecule has 9 heteroatoms. The second-order valence-electron chi connectivity index (χ2n) is 8.28. The van der Waals surface area contributed by atoms with Gasteiger partial charge in [0, 0.05) is 0 Å². The fourth-order valence-corrected chi connectivity index (χ4v) is 6.89. The molecule has 0 N–H and O–H groups in total. The van der Waals surface area contributed by atoms with Crippen molar-refractivity contribution in [1.82, 2.24) is 5.06 Å². The van der Waals surface area contributed by atoms with Crippen molar-refractivity contribution < 1.29 is 19.2 Å². The SMILES string of the molecule is O=C(ON1C(=O)c2c(Cl)c(Cl)c(Cl)c(Cl)c2C1=O)C1C2CC3CC(C2)CC1C3. The van der Waals surface area contributed by atoms with Gasteiger partial charge in [-0.15, -0.1) is 0 Å². The van der Waals surface area contributed by atoms with Crippen LogP contribution < -0.4 is 0 Å². The highest BCUT2D eigenvalue weighted by Crippen LogP contribution is 2.57. The summed E-state index contributed by atoms with van der Waals surface area (Å²) in [6, 6.07) is 0. The van der Waals surface area contributed by atoms with E-state index in [4.69, 9.17) is 51.2 Å². The van der Waals surface area contributed by atoms with E-state index in [0.29, 0.717) is 16.9 Å². The van der Waals surface area contributed by atoms with Crippen LogP contribution in [0.15, 0.2) is 0 Å². The van der Waals surface area contributed by atoms with Crippen molar-refractivity contribution in [3.63, 3.8) is 0 Å². The summed E-state index contributed by atoms with van der Waals surface area (Å²) in [5.41, 5.74) is -0.382. The normalized spacial score (nSPS) is 32.9. The minimum atomic E-state index is -0.859. The van der Waals surface area contributed by atoms with E-state index in [0.717, 1.165) is 25.7 Å². The summed E-state index contributed by atoms with van der Waals surface area (Å²) in [4.78, 5) is 43.8. The topological polar surface area (TPSA) is 63.7 Å². The van der Waals surface area contributed by atoms with E-state index in [2.05, 4.69) is 0 Å². The van der Waals surface area contributed by atoms with Crippen LogP contribution in [0.25, 0.3) is 0 Å². The van der Waals surface area contributed by atoms with Crippen molar-refractivity contribution in [2.24, 2.45) is 29.6 Å². The first-order chi connectivity index (χ1) is 13.3. The van der Waals surface area contributed by atoms with Crippen molar-refractivity contribution in [2.45, 2.75) is 32.1 Å². The number of hydrogen-bond donors (Lipinski definition) is 0. The van der Waals surface area contributed by atoms with Crippen LogP contribution in [0.4, 0.5) is 0 Å². The summed E-state index contributed by atoms with van der Waals surface area (Å²) in [7, 11) is 0. The zero-order valence-corrected chi connectivity index (χ0v) is 17.5. The van der Waals surface area contributed by atoms with Gasteiger partial charge in [0.2, 0.25) is 0 Å². The van der Waals surface area contributed by atoms with Gasteiger partial charge in [0.25, 0.3) is 11.8 Å². The largest absolute Gasteiger partial charge is 0.336 e. The van der Waals surface area contributed by atoms with Crippen LogP contribution in [0.3, 0.4) is 0 Å². The van der Waals surface area contributed by atoms with Crippen LogP contribution in [0.1, 0.15) is 52.8 Å². The van der Waals surface area contributed by atoms with E-state index in [9.17, 15) is 14.4 Å². The van der Waals surface area contributed by atoms with Gasteiger partial charge in [0.05, 0.1) is 37.1 Å². The number of hydroxylamine groups is 2. The number of hydrogen-bond acceptors (Lipinski definition) is 4. The van der Waals surface area contributed by atoms with Crippen molar-refractivity contribution in [3.05, 3.63) is 31.2 Å². The van der Waals surface area contributed by atoms with Gasteiger partial charge in [-0.25, -0.2) is 4.79 Å². The molecular weight excluding hydrogens is 448 g/mol. The number of halogens is 4. The van der Waals surface area contributed by atoms with Crippen LogP contribution in [0.2, 0.25) is 20.1 Å². The molecule has 4 fully saturated rings. The Morgan fingerprint density at radius 3 is 1.61 bits per heavy atom. The van der Waals surface area contributed by atoms with Gasteiger partial charge in [-0.2, -0.15) is 0 Å². The predicted octanol–water partition coefficient (Wildman–Crippen LogP) is 5.43. The molecule has 6 rings (SSSR count). The van der Waals surface area contributed by atoms with Crippen LogP contribution in [0, 0.1) is 29.6 Å². The molecule has 1 aromatic rings. The molecule has 5 aliphatic rings. The molecule has 1 aromatic carbocycles. The summed E-state index contributed by atoms with van der Waals surface area (Å²) >= 11 is 24.2. The Morgan fingerprint density at radius 2 is 1.18 bits per heavy atom. The lowest BCUT2D eigenvalue weighted by molar-refractivity contribution is -0.186. The molecule has 1 aliphatic heterocycles. The Labute approximate surface area is 181 Å². The van der Waals surface area contributed by atoms with Gasteiger partial charge >= 0.3 is 5.97 Å². The molecule has 0 atom stereocenters. The smallest absolute Gasteiger partial charge is 0.329 e. The predicted molar refractivity (Wildman–Crippen MR) is 104 cm³/mol. The lowest BCUT2D eigenvalue weighted by atomic mass is 9.52. The maximum Gasteiger partial charge on any atom is 0.336 e. The van der Waals surface area contributed by atoms with Crippen molar-refractivity contribution in [1.29, 1.82) is 0 Å². The first kappa shape index (κ1) is 19.0. The molecule has 4 bridgehead atoms. The van der Waals surface area contributed by atoms with Crippen LogP contribution >= 0.6 is 46.4 Å². The van der Waals surface area contributed by atoms with Crippen molar-refractivity contribution in [2.75, 3.05) is 0 Å². The van der Waals surface area contributed by atoms with E-state index in [1.807, 2.05) is 0 Å². The number of carbonyl (C=O) groups excluding carboxylic acids is 3. The van der Waals surface area contributed by atoms with Gasteiger partial charge in [-0.3, -0.25) is 9.59 Å². The first-order valence-electron chi connectivity index (χ1n) is 9.24. The zero-order chi connectivity index (χ0) is 19.9. The molecule has 0 radical (unpaired) electrons. The van der Waals surface area contributed by atoms with Gasteiger partial charge in [0.15, 0.2) is 0 Å². The van der Waals surface area contributed by atoms with Crippen LogP contribution in [-0.2, 0) is 9.63 Å². The highest BCUT2D eigenvalue weighted by molar-refractivity contribution is 6.55. The van der Waals surface area contributed by atoms with E-state index < -0.39 is 17.8 Å². The Morgan fingerprint density at radius 1 is 0.750 bits per heavy atom. The molecule has 2 amide bonds. The molecule has 148 valence electrons. The monoisotopic (exact) mass is 461 g/mol. The molecule has 0 saturated heterocycles. The molecule has 1 heterocycles. The molecule has 0 aromatic heterocycles. The van der Waals surface area contributed by atoms with E-state index in [1.165, 1.54) is 6.42 Å². The number of fused-ring (bicyclic) bond motifs is 1. The number of rotatable bonds is 2. The number of imide groups is 1. The Bertz CT molecular complexity index is 872. The molecule has 4 saturated carbocycles. The number of benzene rings is 1. The van der Waals surface area contributed by atoms with E-state index in [-0.39, 0.29) is 49.0 Å². The average Bonchev–Trinajstić information content (AvgIpc) is 2.88. The summed E-state index contributed by atoms with van der Waals surface area (Å²) in [5, 5.41) is -0.164. The standard InChI is InChI=1S/C19H15Cl4NO4/c20-13-11-12(14(21)16(23)15(13)22)18(26)24(17(11)25)28-19(27)10-8-2-6-1-7(4-8)5-9(10)3-6/h6-10H,1-5H2. The Hall–Kier alpha value is -1.01. The maximum atomic E-state index is 12.9. The molecule has 5 nitrogen and oxygen atoms in total. The van der Waals surface area contributed by atoms with Gasteiger partial charge in [-0.05, 0) is 55.8 Å².